The molecule has 1 N–H and O–H groups in total. The van der Waals surface area contributed by atoms with Crippen LogP contribution in [0.25, 0.3) is 0 Å². The number of hydrogen-bond donors (Lipinski definition) is 1. The standard InChI is InChI=1S/C16H24FN/c1-4-9-18-16(12(3)13-5-6-13)14-7-8-15(17)11(2)10-14/h7-8,10,12-13,16,18H,4-6,9H2,1-3H3. The highest BCUT2D eigenvalue weighted by molar-refractivity contribution is 5.27. The number of rotatable bonds is 6. The third-order valence-electron chi connectivity index (χ3n) is 4.05. The van der Waals surface area contributed by atoms with E-state index < -0.39 is 0 Å². The van der Waals surface area contributed by atoms with Gasteiger partial charge in [-0.05, 0) is 61.8 Å². The molecule has 2 atom stereocenters. The minimum atomic E-state index is -0.105. The molecule has 18 heavy (non-hydrogen) atoms. The Labute approximate surface area is 110 Å². The zero-order valence-electron chi connectivity index (χ0n) is 11.7. The molecule has 0 aliphatic heterocycles. The van der Waals surface area contributed by atoms with Crippen molar-refractivity contribution in [2.24, 2.45) is 11.8 Å². The summed E-state index contributed by atoms with van der Waals surface area (Å²) in [4.78, 5) is 0. The number of aryl methyl sites for hydroxylation is 1. The Morgan fingerprint density at radius 1 is 1.39 bits per heavy atom. The molecule has 0 radical (unpaired) electrons. The van der Waals surface area contributed by atoms with E-state index >= 15 is 0 Å². The van der Waals surface area contributed by atoms with Gasteiger partial charge in [0.2, 0.25) is 0 Å². The van der Waals surface area contributed by atoms with Crippen LogP contribution in [-0.2, 0) is 0 Å². The smallest absolute Gasteiger partial charge is 0.126 e. The molecular weight excluding hydrogens is 225 g/mol. The third kappa shape index (κ3) is 3.11. The van der Waals surface area contributed by atoms with Gasteiger partial charge in [-0.15, -0.1) is 0 Å². The van der Waals surface area contributed by atoms with E-state index in [4.69, 9.17) is 0 Å². The molecule has 0 spiro atoms. The van der Waals surface area contributed by atoms with Crippen molar-refractivity contribution in [3.05, 3.63) is 35.1 Å². The van der Waals surface area contributed by atoms with Gasteiger partial charge in [0.1, 0.15) is 5.82 Å². The summed E-state index contributed by atoms with van der Waals surface area (Å²) in [6.45, 7) is 7.38. The summed E-state index contributed by atoms with van der Waals surface area (Å²) >= 11 is 0. The van der Waals surface area contributed by atoms with Gasteiger partial charge in [0.25, 0.3) is 0 Å². The molecule has 1 nitrogen and oxygen atoms in total. The van der Waals surface area contributed by atoms with Gasteiger partial charge in [0.15, 0.2) is 0 Å². The molecule has 1 aliphatic carbocycles. The van der Waals surface area contributed by atoms with Crippen LogP contribution in [0.2, 0.25) is 0 Å². The van der Waals surface area contributed by atoms with Gasteiger partial charge in [-0.3, -0.25) is 0 Å². The Morgan fingerprint density at radius 3 is 2.67 bits per heavy atom. The van der Waals surface area contributed by atoms with Crippen molar-refractivity contribution >= 4 is 0 Å². The predicted molar refractivity (Wildman–Crippen MR) is 74.1 cm³/mol. The summed E-state index contributed by atoms with van der Waals surface area (Å²) < 4.78 is 13.4. The highest BCUT2D eigenvalue weighted by Crippen LogP contribution is 2.42. The van der Waals surface area contributed by atoms with Crippen molar-refractivity contribution in [1.82, 2.24) is 5.32 Å². The summed E-state index contributed by atoms with van der Waals surface area (Å²) in [6.07, 6.45) is 3.84. The summed E-state index contributed by atoms with van der Waals surface area (Å²) in [5.74, 6) is 1.39. The van der Waals surface area contributed by atoms with E-state index in [2.05, 4.69) is 19.2 Å². The first-order valence-electron chi connectivity index (χ1n) is 7.13. The first-order chi connectivity index (χ1) is 8.63. The minimum absolute atomic E-state index is 0.105. The van der Waals surface area contributed by atoms with Gasteiger partial charge in [-0.25, -0.2) is 4.39 Å². The molecule has 0 saturated heterocycles. The van der Waals surface area contributed by atoms with Crippen LogP contribution >= 0.6 is 0 Å². The molecule has 100 valence electrons. The van der Waals surface area contributed by atoms with E-state index in [1.807, 2.05) is 19.1 Å². The summed E-state index contributed by atoms with van der Waals surface area (Å²) in [5, 5.41) is 3.63. The zero-order valence-corrected chi connectivity index (χ0v) is 11.7. The molecule has 1 saturated carbocycles. The lowest BCUT2D eigenvalue weighted by molar-refractivity contribution is 0.349. The maximum absolute atomic E-state index is 13.4. The largest absolute Gasteiger partial charge is 0.310 e. The van der Waals surface area contributed by atoms with E-state index in [9.17, 15) is 4.39 Å². The maximum atomic E-state index is 13.4. The molecule has 1 fully saturated rings. The van der Waals surface area contributed by atoms with Gasteiger partial charge < -0.3 is 5.32 Å². The monoisotopic (exact) mass is 249 g/mol. The average Bonchev–Trinajstić information content (AvgIpc) is 3.18. The second kappa shape index (κ2) is 5.83. The Bertz CT molecular complexity index is 398. The fourth-order valence-electron chi connectivity index (χ4n) is 2.66. The predicted octanol–water partition coefficient (Wildman–Crippen LogP) is 4.22. The minimum Gasteiger partial charge on any atom is -0.310 e. The van der Waals surface area contributed by atoms with Crippen LogP contribution in [0, 0.1) is 24.6 Å². The normalized spacial score (nSPS) is 18.7. The van der Waals surface area contributed by atoms with E-state index in [1.54, 1.807) is 6.07 Å². The number of hydrogen-bond acceptors (Lipinski definition) is 1. The van der Waals surface area contributed by atoms with Crippen molar-refractivity contribution in [3.8, 4) is 0 Å². The third-order valence-corrected chi connectivity index (χ3v) is 4.05. The van der Waals surface area contributed by atoms with Crippen molar-refractivity contribution in [2.75, 3.05) is 6.54 Å². The number of nitrogens with one attached hydrogen (secondary N) is 1. The van der Waals surface area contributed by atoms with E-state index in [0.717, 1.165) is 24.4 Å². The van der Waals surface area contributed by atoms with Crippen LogP contribution in [-0.4, -0.2) is 6.54 Å². The van der Waals surface area contributed by atoms with Gasteiger partial charge in [-0.1, -0.05) is 26.0 Å². The van der Waals surface area contributed by atoms with Crippen LogP contribution in [0.1, 0.15) is 50.3 Å². The SMILES string of the molecule is CCCNC(c1ccc(F)c(C)c1)C(C)C1CC1. The Hall–Kier alpha value is -0.890. The van der Waals surface area contributed by atoms with Gasteiger partial charge >= 0.3 is 0 Å². The van der Waals surface area contributed by atoms with Gasteiger partial charge in [0.05, 0.1) is 0 Å². The summed E-state index contributed by atoms with van der Waals surface area (Å²) in [5.41, 5.74) is 1.99. The van der Waals surface area contributed by atoms with Crippen LogP contribution in [0.15, 0.2) is 18.2 Å². The molecule has 2 rings (SSSR count). The lowest BCUT2D eigenvalue weighted by atomic mass is 9.89. The lowest BCUT2D eigenvalue weighted by Gasteiger charge is -2.26. The Balaban J connectivity index is 2.17. The second-order valence-electron chi connectivity index (χ2n) is 5.64. The number of halogens is 1. The van der Waals surface area contributed by atoms with Crippen molar-refractivity contribution < 1.29 is 4.39 Å². The fourth-order valence-corrected chi connectivity index (χ4v) is 2.66. The van der Waals surface area contributed by atoms with Crippen molar-refractivity contribution in [2.45, 2.75) is 46.1 Å². The van der Waals surface area contributed by atoms with Crippen molar-refractivity contribution in [3.63, 3.8) is 0 Å². The summed E-state index contributed by atoms with van der Waals surface area (Å²) in [6, 6.07) is 5.91. The fraction of sp³-hybridized carbons (Fsp3) is 0.625. The highest BCUT2D eigenvalue weighted by atomic mass is 19.1. The molecule has 1 aromatic carbocycles. The maximum Gasteiger partial charge on any atom is 0.126 e. The van der Waals surface area contributed by atoms with E-state index in [1.165, 1.54) is 18.4 Å². The molecular formula is C16H24FN. The Morgan fingerprint density at radius 2 is 2.11 bits per heavy atom. The molecule has 0 bridgehead atoms. The second-order valence-corrected chi connectivity index (χ2v) is 5.64. The van der Waals surface area contributed by atoms with Gasteiger partial charge in [0, 0.05) is 6.04 Å². The molecule has 0 amide bonds. The average molecular weight is 249 g/mol. The van der Waals surface area contributed by atoms with Crippen LogP contribution in [0.4, 0.5) is 4.39 Å². The topological polar surface area (TPSA) is 12.0 Å². The molecule has 0 heterocycles. The zero-order chi connectivity index (χ0) is 13.1. The van der Waals surface area contributed by atoms with Crippen LogP contribution in [0.5, 0.6) is 0 Å². The first kappa shape index (κ1) is 13.5. The van der Waals surface area contributed by atoms with Crippen LogP contribution in [0.3, 0.4) is 0 Å². The van der Waals surface area contributed by atoms with E-state index in [0.29, 0.717) is 12.0 Å². The molecule has 2 unspecified atom stereocenters. The van der Waals surface area contributed by atoms with Crippen LogP contribution < -0.4 is 5.32 Å². The highest BCUT2D eigenvalue weighted by Gasteiger charge is 2.33. The Kier molecular flexibility index (Phi) is 4.39. The van der Waals surface area contributed by atoms with Gasteiger partial charge in [-0.2, -0.15) is 0 Å². The summed E-state index contributed by atoms with van der Waals surface area (Å²) in [7, 11) is 0. The quantitative estimate of drug-likeness (QED) is 0.796. The first-order valence-corrected chi connectivity index (χ1v) is 7.13. The lowest BCUT2D eigenvalue weighted by Crippen LogP contribution is -2.28. The molecule has 0 aromatic heterocycles. The van der Waals surface area contributed by atoms with E-state index in [-0.39, 0.29) is 5.82 Å². The molecule has 2 heteroatoms. The molecule has 1 aromatic rings. The molecule has 1 aliphatic rings. The number of benzene rings is 1. The van der Waals surface area contributed by atoms with Crippen molar-refractivity contribution in [1.29, 1.82) is 0 Å².